The average molecular weight is 435 g/mol. The van der Waals surface area contributed by atoms with Crippen molar-refractivity contribution in [3.8, 4) is 11.5 Å². The van der Waals surface area contributed by atoms with Crippen molar-refractivity contribution < 1.29 is 40.6 Å². The first-order valence-corrected chi connectivity index (χ1v) is 8.11. The molecule has 0 fully saturated rings. The number of hydrogen-bond donors (Lipinski definition) is 1. The van der Waals surface area contributed by atoms with E-state index < -0.39 is 37.2 Å². The van der Waals surface area contributed by atoms with Crippen LogP contribution >= 0.6 is 13.5 Å². The molecule has 0 aliphatic carbocycles. The monoisotopic (exact) mass is 435 g/mol. The minimum Gasteiger partial charge on any atom is -0.484 e. The van der Waals surface area contributed by atoms with Crippen molar-refractivity contribution in [3.63, 3.8) is 0 Å². The third kappa shape index (κ3) is 10.5. The topological polar surface area (TPSA) is 47.6 Å². The minimum absolute atomic E-state index is 0. The van der Waals surface area contributed by atoms with Crippen molar-refractivity contribution in [3.05, 3.63) is 23.8 Å². The van der Waals surface area contributed by atoms with Crippen molar-refractivity contribution >= 4 is 19.4 Å². The van der Waals surface area contributed by atoms with Gasteiger partial charge in [0.1, 0.15) is 11.5 Å². The highest BCUT2D eigenvalue weighted by molar-refractivity contribution is 7.59. The molecule has 1 amide bonds. The van der Waals surface area contributed by atoms with Crippen molar-refractivity contribution in [2.24, 2.45) is 5.92 Å². The lowest BCUT2D eigenvalue weighted by atomic mass is 10.0. The second kappa shape index (κ2) is 10.7. The summed E-state index contributed by atoms with van der Waals surface area (Å²) < 4.78 is 83.1. The molecule has 28 heavy (non-hydrogen) atoms. The van der Waals surface area contributed by atoms with Gasteiger partial charge in [0.05, 0.1) is 5.56 Å². The van der Waals surface area contributed by atoms with Crippen LogP contribution in [0.2, 0.25) is 0 Å². The lowest BCUT2D eigenvalue weighted by molar-refractivity contribution is -0.154. The largest absolute Gasteiger partial charge is 0.484 e. The number of benzene rings is 1. The zero-order valence-corrected chi connectivity index (χ0v) is 16.5. The van der Waals surface area contributed by atoms with Gasteiger partial charge in [-0.15, -0.1) is 0 Å². The molecule has 0 spiro atoms. The molecule has 0 aliphatic heterocycles. The van der Waals surface area contributed by atoms with E-state index in [1.54, 1.807) is 6.92 Å². The molecule has 1 atom stereocenters. The number of nitrogens with one attached hydrogen (secondary N) is 1. The summed E-state index contributed by atoms with van der Waals surface area (Å²) in [6, 6.07) is 2.60. The number of carbonyl (C=O) groups is 1. The summed E-state index contributed by atoms with van der Waals surface area (Å²) in [5.74, 6) is -1.23. The maximum absolute atomic E-state index is 12.4. The van der Waals surface area contributed by atoms with Gasteiger partial charge in [-0.2, -0.15) is 39.8 Å². The first kappa shape index (κ1) is 26.2. The fourth-order valence-electron chi connectivity index (χ4n) is 2.29. The highest BCUT2D eigenvalue weighted by atomic mass is 32.1. The van der Waals surface area contributed by atoms with Gasteiger partial charge in [-0.3, -0.25) is 4.79 Å². The summed E-state index contributed by atoms with van der Waals surface area (Å²) >= 11 is 0. The molecular weight excluding hydrogens is 412 g/mol. The lowest BCUT2D eigenvalue weighted by Crippen LogP contribution is -2.34. The van der Waals surface area contributed by atoms with E-state index in [1.807, 2.05) is 13.8 Å². The van der Waals surface area contributed by atoms with Crippen LogP contribution in [0.5, 0.6) is 11.5 Å². The van der Waals surface area contributed by atoms with Gasteiger partial charge in [0, 0.05) is 6.04 Å². The van der Waals surface area contributed by atoms with Crippen molar-refractivity contribution in [2.75, 3.05) is 13.2 Å². The molecule has 0 unspecified atom stereocenters. The highest BCUT2D eigenvalue weighted by Gasteiger charge is 2.30. The predicted molar refractivity (Wildman–Crippen MR) is 96.3 cm³/mol. The highest BCUT2D eigenvalue weighted by Crippen LogP contribution is 2.28. The Kier molecular flexibility index (Phi) is 10.0. The van der Waals surface area contributed by atoms with Crippen LogP contribution in [0.25, 0.3) is 0 Å². The third-order valence-corrected chi connectivity index (χ3v) is 3.19. The normalized spacial score (nSPS) is 12.9. The first-order valence-electron chi connectivity index (χ1n) is 8.11. The van der Waals surface area contributed by atoms with Crippen molar-refractivity contribution in [1.82, 2.24) is 5.32 Å². The molecule has 162 valence electrons. The second-order valence-corrected chi connectivity index (χ2v) is 6.47. The molecule has 1 aromatic rings. The summed E-state index contributed by atoms with van der Waals surface area (Å²) in [5, 5.41) is 2.59. The summed E-state index contributed by atoms with van der Waals surface area (Å²) in [6.07, 6.45) is -8.63. The molecule has 0 saturated heterocycles. The van der Waals surface area contributed by atoms with Gasteiger partial charge >= 0.3 is 12.4 Å². The molecule has 0 heterocycles. The second-order valence-electron chi connectivity index (χ2n) is 6.47. The number of hydrogen-bond acceptors (Lipinski definition) is 3. The number of carbonyl (C=O) groups excluding carboxylic acids is 1. The van der Waals surface area contributed by atoms with E-state index in [9.17, 15) is 31.1 Å². The van der Waals surface area contributed by atoms with Crippen LogP contribution < -0.4 is 14.8 Å². The van der Waals surface area contributed by atoms with Crippen LogP contribution in [0, 0.1) is 5.92 Å². The Hall–Kier alpha value is -1.78. The van der Waals surface area contributed by atoms with E-state index in [0.717, 1.165) is 18.2 Å². The molecule has 0 aromatic heterocycles. The van der Waals surface area contributed by atoms with Crippen LogP contribution in [0.1, 0.15) is 37.6 Å². The molecule has 1 aromatic carbocycles. The van der Waals surface area contributed by atoms with Crippen LogP contribution in [-0.4, -0.2) is 37.5 Å². The number of rotatable bonds is 8. The van der Waals surface area contributed by atoms with Gasteiger partial charge in [0.2, 0.25) is 0 Å². The smallest absolute Gasteiger partial charge is 0.422 e. The molecule has 11 heteroatoms. The third-order valence-electron chi connectivity index (χ3n) is 3.19. The Labute approximate surface area is 166 Å². The number of alkyl halides is 6. The van der Waals surface area contributed by atoms with Gasteiger partial charge in [-0.05, 0) is 37.5 Å². The van der Waals surface area contributed by atoms with Crippen molar-refractivity contribution in [1.29, 1.82) is 0 Å². The maximum Gasteiger partial charge on any atom is 0.422 e. The predicted octanol–water partition coefficient (Wildman–Crippen LogP) is 4.85. The summed E-state index contributed by atoms with van der Waals surface area (Å²) in [5.41, 5.74) is -0.338. The van der Waals surface area contributed by atoms with Crippen LogP contribution in [0.3, 0.4) is 0 Å². The van der Waals surface area contributed by atoms with E-state index in [0.29, 0.717) is 6.42 Å². The number of halogens is 6. The maximum atomic E-state index is 12.4. The Morgan fingerprint density at radius 1 is 1.00 bits per heavy atom. The quantitative estimate of drug-likeness (QED) is 0.594. The van der Waals surface area contributed by atoms with Gasteiger partial charge in [0.25, 0.3) is 5.91 Å². The zero-order valence-electron chi connectivity index (χ0n) is 15.5. The molecule has 1 N–H and O–H groups in total. The SMILES string of the molecule is CC(C)C[C@H](C)NC(=O)c1cc(OCC(F)(F)F)ccc1OCC(F)(F)F.S. The van der Waals surface area contributed by atoms with Gasteiger partial charge in [-0.1, -0.05) is 13.8 Å². The molecule has 0 bridgehead atoms. The van der Waals surface area contributed by atoms with Gasteiger partial charge in [0.15, 0.2) is 13.2 Å². The van der Waals surface area contributed by atoms with Gasteiger partial charge < -0.3 is 14.8 Å². The average Bonchev–Trinajstić information content (AvgIpc) is 2.48. The molecule has 0 aliphatic rings. The van der Waals surface area contributed by atoms with Gasteiger partial charge in [-0.25, -0.2) is 0 Å². The van der Waals surface area contributed by atoms with Crippen LogP contribution in [0.15, 0.2) is 18.2 Å². The zero-order chi connectivity index (χ0) is 20.8. The Balaban J connectivity index is 0.00000729. The molecule has 4 nitrogen and oxygen atoms in total. The molecule has 0 radical (unpaired) electrons. The van der Waals surface area contributed by atoms with Crippen LogP contribution in [0.4, 0.5) is 26.3 Å². The first-order chi connectivity index (χ1) is 12.3. The Bertz CT molecular complexity index is 634. The molecule has 1 rings (SSSR count). The van der Waals surface area contributed by atoms with E-state index in [2.05, 4.69) is 14.8 Å². The van der Waals surface area contributed by atoms with Crippen molar-refractivity contribution in [2.45, 2.75) is 45.6 Å². The summed E-state index contributed by atoms with van der Waals surface area (Å²) in [6.45, 7) is 2.31. The Morgan fingerprint density at radius 2 is 1.54 bits per heavy atom. The standard InChI is InChI=1S/C17H21F6NO3.H2S/c1-10(2)6-11(3)24-15(25)13-7-12(26-8-16(18,19)20)4-5-14(13)27-9-17(21,22)23;/h4-5,7,10-11H,6,8-9H2,1-3H3,(H,24,25);1H2/t11-;/m0./s1. The molecular formula is C17H23F6NO3S. The molecule has 0 saturated carbocycles. The van der Waals surface area contributed by atoms with Crippen LogP contribution in [-0.2, 0) is 0 Å². The number of amides is 1. The fraction of sp³-hybridized carbons (Fsp3) is 0.588. The summed E-state index contributed by atoms with van der Waals surface area (Å²) in [7, 11) is 0. The van der Waals surface area contributed by atoms with E-state index in [4.69, 9.17) is 0 Å². The Morgan fingerprint density at radius 3 is 2.04 bits per heavy atom. The van der Waals surface area contributed by atoms with E-state index in [1.165, 1.54) is 0 Å². The minimum atomic E-state index is -4.63. The summed E-state index contributed by atoms with van der Waals surface area (Å²) in [4.78, 5) is 12.4. The fourth-order valence-corrected chi connectivity index (χ4v) is 2.29. The number of ether oxygens (including phenoxy) is 2. The van der Waals surface area contributed by atoms with E-state index >= 15 is 0 Å². The lowest BCUT2D eigenvalue weighted by Gasteiger charge is -2.19. The van der Waals surface area contributed by atoms with E-state index in [-0.39, 0.29) is 36.8 Å².